The number of anilines is 1. The van der Waals surface area contributed by atoms with Gasteiger partial charge in [-0.1, -0.05) is 60.2 Å². The van der Waals surface area contributed by atoms with Gasteiger partial charge in [-0.05, 0) is 42.3 Å². The van der Waals surface area contributed by atoms with Gasteiger partial charge in [0.2, 0.25) is 5.91 Å². The maximum atomic E-state index is 12.9. The molecule has 0 fully saturated rings. The van der Waals surface area contributed by atoms with Crippen LogP contribution in [0.2, 0.25) is 0 Å². The molecule has 0 aromatic heterocycles. The molecule has 3 aromatic rings. The third-order valence-electron chi connectivity index (χ3n) is 4.38. The molecule has 0 radical (unpaired) electrons. The van der Waals surface area contributed by atoms with E-state index in [2.05, 4.69) is 10.6 Å². The van der Waals surface area contributed by atoms with Gasteiger partial charge >= 0.3 is 0 Å². The Morgan fingerprint density at radius 2 is 1.59 bits per heavy atom. The van der Waals surface area contributed by atoms with Crippen LogP contribution in [0.5, 0.6) is 5.75 Å². The van der Waals surface area contributed by atoms with E-state index in [4.69, 9.17) is 4.74 Å². The largest absolute Gasteiger partial charge is 0.497 e. The summed E-state index contributed by atoms with van der Waals surface area (Å²) in [6.45, 7) is 2.60. The van der Waals surface area contributed by atoms with Crippen molar-refractivity contribution < 1.29 is 9.53 Å². The van der Waals surface area contributed by atoms with Crippen molar-refractivity contribution >= 4 is 11.6 Å². The highest BCUT2D eigenvalue weighted by molar-refractivity contribution is 5.95. The second-order valence-corrected chi connectivity index (χ2v) is 6.43. The van der Waals surface area contributed by atoms with Crippen molar-refractivity contribution in [3.05, 3.63) is 95.6 Å². The van der Waals surface area contributed by atoms with Gasteiger partial charge in [0.1, 0.15) is 11.8 Å². The van der Waals surface area contributed by atoms with Gasteiger partial charge in [-0.15, -0.1) is 0 Å². The summed E-state index contributed by atoms with van der Waals surface area (Å²) in [5.74, 6) is 0.731. The summed E-state index contributed by atoms with van der Waals surface area (Å²) in [5, 5.41) is 6.37. The molecule has 2 N–H and O–H groups in total. The summed E-state index contributed by atoms with van der Waals surface area (Å²) < 4.78 is 5.19. The van der Waals surface area contributed by atoms with Gasteiger partial charge in [0, 0.05) is 12.2 Å². The molecule has 1 amide bonds. The lowest BCUT2D eigenvalue weighted by atomic mass is 10.1. The second kappa shape index (κ2) is 9.01. The molecule has 0 aliphatic rings. The molecule has 0 saturated carbocycles. The van der Waals surface area contributed by atoms with Gasteiger partial charge in [-0.2, -0.15) is 0 Å². The molecule has 1 atom stereocenters. The summed E-state index contributed by atoms with van der Waals surface area (Å²) in [6.07, 6.45) is 0. The highest BCUT2D eigenvalue weighted by Crippen LogP contribution is 2.18. The summed E-state index contributed by atoms with van der Waals surface area (Å²) in [5.41, 5.74) is 3.96. The number of carbonyl (C=O) groups excluding carboxylic acids is 1. The van der Waals surface area contributed by atoms with Crippen LogP contribution in [0.25, 0.3) is 0 Å². The standard InChI is InChI=1S/C23H24N2O2/c1-17-8-12-20(13-9-17)25-23(26)22(19-6-4-3-5-7-19)24-16-18-10-14-21(27-2)15-11-18/h3-15,22,24H,16H2,1-2H3,(H,25,26)/t22-/m0/s1. The molecule has 3 rings (SSSR count). The van der Waals surface area contributed by atoms with Crippen LogP contribution >= 0.6 is 0 Å². The quantitative estimate of drug-likeness (QED) is 0.653. The zero-order valence-corrected chi connectivity index (χ0v) is 15.6. The number of amides is 1. The van der Waals surface area contributed by atoms with Crippen molar-refractivity contribution in [1.82, 2.24) is 5.32 Å². The Morgan fingerprint density at radius 1 is 0.926 bits per heavy atom. The van der Waals surface area contributed by atoms with Gasteiger partial charge in [0.25, 0.3) is 0 Å². The minimum absolute atomic E-state index is 0.0847. The van der Waals surface area contributed by atoms with Crippen molar-refractivity contribution in [2.75, 3.05) is 12.4 Å². The minimum Gasteiger partial charge on any atom is -0.497 e. The lowest BCUT2D eigenvalue weighted by Gasteiger charge is -2.19. The van der Waals surface area contributed by atoms with Crippen LogP contribution in [0.4, 0.5) is 5.69 Å². The van der Waals surface area contributed by atoms with Crippen molar-refractivity contribution in [1.29, 1.82) is 0 Å². The van der Waals surface area contributed by atoms with Crippen LogP contribution in [-0.2, 0) is 11.3 Å². The Kier molecular flexibility index (Phi) is 6.23. The number of benzene rings is 3. The number of carbonyl (C=O) groups is 1. The summed E-state index contributed by atoms with van der Waals surface area (Å²) in [7, 11) is 1.65. The Hall–Kier alpha value is -3.11. The third-order valence-corrected chi connectivity index (χ3v) is 4.38. The molecule has 0 aliphatic heterocycles. The van der Waals surface area contributed by atoms with Crippen molar-refractivity contribution in [2.24, 2.45) is 0 Å². The molecule has 4 nitrogen and oxygen atoms in total. The lowest BCUT2D eigenvalue weighted by molar-refractivity contribution is -0.118. The normalized spacial score (nSPS) is 11.6. The van der Waals surface area contributed by atoms with Gasteiger partial charge < -0.3 is 10.1 Å². The monoisotopic (exact) mass is 360 g/mol. The zero-order valence-electron chi connectivity index (χ0n) is 15.6. The maximum absolute atomic E-state index is 12.9. The second-order valence-electron chi connectivity index (χ2n) is 6.43. The van der Waals surface area contributed by atoms with E-state index in [1.165, 1.54) is 0 Å². The molecule has 3 aromatic carbocycles. The summed E-state index contributed by atoms with van der Waals surface area (Å²) in [4.78, 5) is 12.9. The van der Waals surface area contributed by atoms with Gasteiger partial charge in [0.15, 0.2) is 0 Å². The fraction of sp³-hybridized carbons (Fsp3) is 0.174. The number of hydrogen-bond acceptors (Lipinski definition) is 3. The molecule has 27 heavy (non-hydrogen) atoms. The van der Waals surface area contributed by atoms with E-state index in [0.717, 1.165) is 28.1 Å². The Bertz CT molecular complexity index is 859. The van der Waals surface area contributed by atoms with E-state index in [0.29, 0.717) is 6.54 Å². The lowest BCUT2D eigenvalue weighted by Crippen LogP contribution is -2.32. The van der Waals surface area contributed by atoms with Crippen LogP contribution < -0.4 is 15.4 Å². The summed E-state index contributed by atoms with van der Waals surface area (Å²) in [6, 6.07) is 24.9. The Morgan fingerprint density at radius 3 is 2.22 bits per heavy atom. The van der Waals surface area contributed by atoms with Gasteiger partial charge in [0.05, 0.1) is 7.11 Å². The fourth-order valence-electron chi connectivity index (χ4n) is 2.82. The molecule has 0 bridgehead atoms. The molecule has 0 heterocycles. The van der Waals surface area contributed by atoms with E-state index in [1.54, 1.807) is 7.11 Å². The predicted molar refractivity (Wildman–Crippen MR) is 109 cm³/mol. The first-order valence-corrected chi connectivity index (χ1v) is 8.94. The number of hydrogen-bond donors (Lipinski definition) is 2. The van der Waals surface area contributed by atoms with Crippen LogP contribution in [0.3, 0.4) is 0 Å². The third kappa shape index (κ3) is 5.19. The average molecular weight is 360 g/mol. The first kappa shape index (κ1) is 18.7. The Balaban J connectivity index is 1.74. The van der Waals surface area contributed by atoms with Gasteiger partial charge in [-0.3, -0.25) is 10.1 Å². The van der Waals surface area contributed by atoms with Crippen molar-refractivity contribution in [3.8, 4) is 5.75 Å². The highest BCUT2D eigenvalue weighted by Gasteiger charge is 2.20. The molecular formula is C23H24N2O2. The Labute approximate surface area is 160 Å². The number of rotatable bonds is 7. The molecular weight excluding hydrogens is 336 g/mol. The number of ether oxygens (including phenoxy) is 1. The van der Waals surface area contributed by atoms with Crippen LogP contribution in [-0.4, -0.2) is 13.0 Å². The van der Waals surface area contributed by atoms with E-state index in [1.807, 2.05) is 85.8 Å². The van der Waals surface area contributed by atoms with Gasteiger partial charge in [-0.25, -0.2) is 0 Å². The van der Waals surface area contributed by atoms with E-state index < -0.39 is 6.04 Å². The molecule has 0 unspecified atom stereocenters. The fourth-order valence-corrected chi connectivity index (χ4v) is 2.82. The molecule has 138 valence electrons. The smallest absolute Gasteiger partial charge is 0.246 e. The van der Waals surface area contributed by atoms with Crippen LogP contribution in [0, 0.1) is 6.92 Å². The summed E-state index contributed by atoms with van der Waals surface area (Å²) >= 11 is 0. The molecule has 0 aliphatic carbocycles. The van der Waals surface area contributed by atoms with E-state index in [9.17, 15) is 4.79 Å². The highest BCUT2D eigenvalue weighted by atomic mass is 16.5. The van der Waals surface area contributed by atoms with Crippen LogP contribution in [0.15, 0.2) is 78.9 Å². The molecule has 0 spiro atoms. The average Bonchev–Trinajstić information content (AvgIpc) is 2.71. The first-order chi connectivity index (χ1) is 13.2. The minimum atomic E-state index is -0.449. The van der Waals surface area contributed by atoms with Crippen LogP contribution in [0.1, 0.15) is 22.7 Å². The molecule has 4 heteroatoms. The zero-order chi connectivity index (χ0) is 19.1. The number of methoxy groups -OCH3 is 1. The topological polar surface area (TPSA) is 50.4 Å². The SMILES string of the molecule is COc1ccc(CN[C@H](C(=O)Nc2ccc(C)cc2)c2ccccc2)cc1. The number of aryl methyl sites for hydroxylation is 1. The maximum Gasteiger partial charge on any atom is 0.246 e. The van der Waals surface area contributed by atoms with E-state index >= 15 is 0 Å². The van der Waals surface area contributed by atoms with Crippen molar-refractivity contribution in [2.45, 2.75) is 19.5 Å². The predicted octanol–water partition coefficient (Wildman–Crippen LogP) is 4.47. The first-order valence-electron chi connectivity index (χ1n) is 8.94. The van der Waals surface area contributed by atoms with E-state index in [-0.39, 0.29) is 5.91 Å². The number of nitrogens with one attached hydrogen (secondary N) is 2. The van der Waals surface area contributed by atoms with Crippen molar-refractivity contribution in [3.63, 3.8) is 0 Å². The molecule has 0 saturated heterocycles.